The summed E-state index contributed by atoms with van der Waals surface area (Å²) in [6.45, 7) is 14.4. The average Bonchev–Trinajstić information content (AvgIpc) is 2.46. The minimum absolute atomic E-state index is 0.197. The van der Waals surface area contributed by atoms with Crippen LogP contribution < -0.4 is 5.32 Å². The number of piperazine rings is 1. The second-order valence-corrected chi connectivity index (χ2v) is 7.48. The minimum Gasteiger partial charge on any atom is -0.308 e. The largest absolute Gasteiger partial charge is 0.308 e. The maximum atomic E-state index is 6.45. The molecule has 1 heterocycles. The topological polar surface area (TPSA) is 15.3 Å². The van der Waals surface area contributed by atoms with E-state index >= 15 is 0 Å². The molecule has 1 N–H and O–H groups in total. The lowest BCUT2D eigenvalue weighted by molar-refractivity contribution is 0.0105. The summed E-state index contributed by atoms with van der Waals surface area (Å²) in [6, 6.07) is 6.41. The fourth-order valence-corrected chi connectivity index (χ4v) is 3.30. The van der Waals surface area contributed by atoms with Gasteiger partial charge in [0.05, 0.1) is 0 Å². The van der Waals surface area contributed by atoms with Gasteiger partial charge in [0.15, 0.2) is 0 Å². The molecule has 1 aromatic rings. The van der Waals surface area contributed by atoms with E-state index in [0.29, 0.717) is 0 Å². The van der Waals surface area contributed by atoms with Crippen LogP contribution in [-0.4, -0.2) is 29.1 Å². The molecule has 0 bridgehead atoms. The molecule has 0 spiro atoms. The number of benzene rings is 1. The van der Waals surface area contributed by atoms with Crippen LogP contribution in [0.25, 0.3) is 0 Å². The highest BCUT2D eigenvalue weighted by Crippen LogP contribution is 2.31. The monoisotopic (exact) mass is 308 g/mol. The summed E-state index contributed by atoms with van der Waals surface area (Å²) >= 11 is 6.45. The number of nitrogens with one attached hydrogen (secondary N) is 1. The number of hydrogen-bond acceptors (Lipinski definition) is 2. The molecule has 0 radical (unpaired) electrons. The molecule has 1 aliphatic heterocycles. The normalized spacial score (nSPS) is 30.6. The number of rotatable bonds is 4. The van der Waals surface area contributed by atoms with E-state index < -0.39 is 0 Å². The van der Waals surface area contributed by atoms with Crippen molar-refractivity contribution in [3.8, 4) is 0 Å². The van der Waals surface area contributed by atoms with Crippen molar-refractivity contribution < 1.29 is 0 Å². The van der Waals surface area contributed by atoms with E-state index in [9.17, 15) is 0 Å². The molecule has 21 heavy (non-hydrogen) atoms. The van der Waals surface area contributed by atoms with E-state index in [0.717, 1.165) is 37.5 Å². The van der Waals surface area contributed by atoms with E-state index in [4.69, 9.17) is 11.6 Å². The lowest BCUT2D eigenvalue weighted by Crippen LogP contribution is -2.67. The van der Waals surface area contributed by atoms with Crippen molar-refractivity contribution in [2.45, 2.75) is 65.1 Å². The fourth-order valence-electron chi connectivity index (χ4n) is 3.00. The lowest BCUT2D eigenvalue weighted by atomic mass is 9.85. The van der Waals surface area contributed by atoms with Crippen LogP contribution in [0, 0.1) is 6.92 Å². The highest BCUT2D eigenvalue weighted by molar-refractivity contribution is 6.31. The van der Waals surface area contributed by atoms with Gasteiger partial charge in [0, 0.05) is 35.7 Å². The van der Waals surface area contributed by atoms with E-state index in [1.165, 1.54) is 11.1 Å². The Balaban J connectivity index is 2.24. The van der Waals surface area contributed by atoms with Crippen LogP contribution in [0.4, 0.5) is 0 Å². The quantitative estimate of drug-likeness (QED) is 0.887. The summed E-state index contributed by atoms with van der Waals surface area (Å²) in [5.74, 6) is 0. The van der Waals surface area contributed by atoms with Gasteiger partial charge in [0.2, 0.25) is 0 Å². The molecule has 0 saturated carbocycles. The molecule has 1 fully saturated rings. The van der Waals surface area contributed by atoms with Gasteiger partial charge in [-0.3, -0.25) is 4.90 Å². The van der Waals surface area contributed by atoms with Crippen LogP contribution in [0.2, 0.25) is 5.02 Å². The molecular weight excluding hydrogens is 280 g/mol. The molecule has 1 aromatic carbocycles. The van der Waals surface area contributed by atoms with Gasteiger partial charge in [-0.2, -0.15) is 0 Å². The van der Waals surface area contributed by atoms with Crippen molar-refractivity contribution in [3.05, 3.63) is 34.3 Å². The molecule has 0 amide bonds. The molecule has 2 nitrogen and oxygen atoms in total. The molecule has 2 rings (SSSR count). The van der Waals surface area contributed by atoms with E-state index in [2.05, 4.69) is 63.0 Å². The van der Waals surface area contributed by atoms with Gasteiger partial charge in [0.1, 0.15) is 0 Å². The van der Waals surface area contributed by atoms with Crippen LogP contribution in [0.1, 0.15) is 51.7 Å². The molecule has 3 heteroatoms. The van der Waals surface area contributed by atoms with Gasteiger partial charge in [0.25, 0.3) is 0 Å². The zero-order valence-electron chi connectivity index (χ0n) is 14.1. The Morgan fingerprint density at radius 2 is 1.95 bits per heavy atom. The van der Waals surface area contributed by atoms with Crippen molar-refractivity contribution in [3.63, 3.8) is 0 Å². The van der Waals surface area contributed by atoms with E-state index in [1.54, 1.807) is 0 Å². The molecular formula is C18H29ClN2. The van der Waals surface area contributed by atoms with Gasteiger partial charge >= 0.3 is 0 Å². The van der Waals surface area contributed by atoms with Crippen molar-refractivity contribution in [1.29, 1.82) is 0 Å². The molecule has 1 aliphatic rings. The van der Waals surface area contributed by atoms with Crippen LogP contribution in [-0.2, 0) is 6.54 Å². The summed E-state index contributed by atoms with van der Waals surface area (Å²) < 4.78 is 0. The number of nitrogens with zero attached hydrogens (tertiary/aromatic N) is 1. The first-order valence-electron chi connectivity index (χ1n) is 8.07. The Labute approximate surface area is 134 Å². The van der Waals surface area contributed by atoms with Crippen molar-refractivity contribution >= 4 is 11.6 Å². The molecule has 1 saturated heterocycles. The summed E-state index contributed by atoms with van der Waals surface area (Å²) in [6.07, 6.45) is 2.29. The van der Waals surface area contributed by atoms with Gasteiger partial charge in [-0.05, 0) is 50.8 Å². The zero-order chi connectivity index (χ0) is 15.7. The molecule has 118 valence electrons. The fraction of sp³-hybridized carbons (Fsp3) is 0.667. The third-order valence-electron chi connectivity index (χ3n) is 5.31. The Morgan fingerprint density at radius 1 is 1.24 bits per heavy atom. The first-order chi connectivity index (χ1) is 9.82. The van der Waals surface area contributed by atoms with Gasteiger partial charge in [-0.25, -0.2) is 0 Å². The maximum absolute atomic E-state index is 6.45. The SMILES string of the molecule is CCC1(C)CN(Cc2ccc(C)cc2Cl)C(C)(CC)CN1. The van der Waals surface area contributed by atoms with E-state index in [1.807, 2.05) is 0 Å². The number of hydrogen-bond donors (Lipinski definition) is 1. The Kier molecular flexibility index (Phi) is 5.02. The lowest BCUT2D eigenvalue weighted by Gasteiger charge is -2.52. The first-order valence-corrected chi connectivity index (χ1v) is 8.45. The van der Waals surface area contributed by atoms with Crippen molar-refractivity contribution in [1.82, 2.24) is 10.2 Å². The standard InChI is InChI=1S/C18H29ClN2/c1-6-17(4)13-21(18(5,7-2)12-20-17)11-15-9-8-14(3)10-16(15)19/h8-10,20H,6-7,11-13H2,1-5H3. The summed E-state index contributed by atoms with van der Waals surface area (Å²) in [5.41, 5.74) is 2.86. The van der Waals surface area contributed by atoms with Crippen LogP contribution in [0.5, 0.6) is 0 Å². The minimum atomic E-state index is 0.197. The molecule has 0 aliphatic carbocycles. The molecule has 2 unspecified atom stereocenters. The Bertz CT molecular complexity index is 502. The summed E-state index contributed by atoms with van der Waals surface area (Å²) in [5, 5.41) is 4.65. The van der Waals surface area contributed by atoms with Gasteiger partial charge < -0.3 is 5.32 Å². The summed E-state index contributed by atoms with van der Waals surface area (Å²) in [7, 11) is 0. The number of halogens is 1. The van der Waals surface area contributed by atoms with Crippen LogP contribution in [0.3, 0.4) is 0 Å². The molecule has 2 atom stereocenters. The van der Waals surface area contributed by atoms with Crippen LogP contribution >= 0.6 is 11.6 Å². The summed E-state index contributed by atoms with van der Waals surface area (Å²) in [4.78, 5) is 2.61. The third kappa shape index (κ3) is 3.61. The number of aryl methyl sites for hydroxylation is 1. The second kappa shape index (κ2) is 6.28. The Morgan fingerprint density at radius 3 is 2.52 bits per heavy atom. The predicted octanol–water partition coefficient (Wildman–Crippen LogP) is 4.39. The average molecular weight is 309 g/mol. The third-order valence-corrected chi connectivity index (χ3v) is 5.66. The Hall–Kier alpha value is -0.570. The first kappa shape index (κ1) is 16.8. The maximum Gasteiger partial charge on any atom is 0.0453 e. The van der Waals surface area contributed by atoms with Crippen LogP contribution in [0.15, 0.2) is 18.2 Å². The second-order valence-electron chi connectivity index (χ2n) is 7.07. The predicted molar refractivity (Wildman–Crippen MR) is 92.0 cm³/mol. The van der Waals surface area contributed by atoms with Crippen molar-refractivity contribution in [2.75, 3.05) is 13.1 Å². The smallest absolute Gasteiger partial charge is 0.0453 e. The highest BCUT2D eigenvalue weighted by atomic mass is 35.5. The van der Waals surface area contributed by atoms with Gasteiger partial charge in [-0.15, -0.1) is 0 Å². The molecule has 0 aromatic heterocycles. The zero-order valence-corrected chi connectivity index (χ0v) is 14.8. The van der Waals surface area contributed by atoms with Crippen molar-refractivity contribution in [2.24, 2.45) is 0 Å². The van der Waals surface area contributed by atoms with Gasteiger partial charge in [-0.1, -0.05) is 37.6 Å². The van der Waals surface area contributed by atoms with E-state index in [-0.39, 0.29) is 11.1 Å². The highest BCUT2D eigenvalue weighted by Gasteiger charge is 2.40.